The van der Waals surface area contributed by atoms with Gasteiger partial charge >= 0.3 is 5.97 Å². The lowest BCUT2D eigenvalue weighted by Gasteiger charge is -2.39. The van der Waals surface area contributed by atoms with E-state index in [0.717, 1.165) is 21.8 Å². The SMILES string of the molecule is CC(C)[C@@H]1CC[C@@H](C)C[C@H]1OC(=O)[C@@H]1C[C@]2(Br)C(Br)=C(Br)[C@@]1(Br)C2(Br)Br. The van der Waals surface area contributed by atoms with Crippen molar-refractivity contribution >= 4 is 102 Å². The minimum absolute atomic E-state index is 0.0130. The number of rotatable bonds is 3. The molecule has 0 spiro atoms. The summed E-state index contributed by atoms with van der Waals surface area (Å²) in [5.74, 6) is 1.15. The lowest BCUT2D eigenvalue weighted by atomic mass is 9.75. The molecule has 0 unspecified atom stereocenters. The number of carbonyl (C=O) groups is 1. The predicted molar refractivity (Wildman–Crippen MR) is 128 cm³/mol. The molecule has 2 nitrogen and oxygen atoms in total. The summed E-state index contributed by atoms with van der Waals surface area (Å²) in [7, 11) is 0. The second kappa shape index (κ2) is 7.65. The van der Waals surface area contributed by atoms with Crippen LogP contribution in [0.2, 0.25) is 0 Å². The molecule has 0 amide bonds. The third kappa shape index (κ3) is 3.16. The Hall–Kier alpha value is 2.09. The summed E-state index contributed by atoms with van der Waals surface area (Å²) in [6.07, 6.45) is 3.97. The third-order valence-electron chi connectivity index (χ3n) is 6.29. The minimum atomic E-state index is -0.618. The maximum atomic E-state index is 13.3. The van der Waals surface area contributed by atoms with Crippen molar-refractivity contribution < 1.29 is 9.53 Å². The zero-order chi connectivity index (χ0) is 19.7. The van der Waals surface area contributed by atoms with Crippen molar-refractivity contribution in [3.8, 4) is 0 Å². The van der Waals surface area contributed by atoms with E-state index < -0.39 is 11.9 Å². The lowest BCUT2D eigenvalue weighted by molar-refractivity contribution is -0.161. The molecule has 2 saturated carbocycles. The van der Waals surface area contributed by atoms with E-state index in [1.165, 1.54) is 6.42 Å². The van der Waals surface area contributed by atoms with Gasteiger partial charge in [0.05, 0.1) is 14.6 Å². The van der Waals surface area contributed by atoms with E-state index in [2.05, 4.69) is 116 Å². The Morgan fingerprint density at radius 2 is 1.73 bits per heavy atom. The molecule has 0 radical (unpaired) electrons. The molecule has 0 aromatic carbocycles. The monoisotopic (exact) mass is 744 g/mol. The van der Waals surface area contributed by atoms with Gasteiger partial charge in [0, 0.05) is 8.96 Å². The quantitative estimate of drug-likeness (QED) is 0.218. The van der Waals surface area contributed by atoms with Crippen LogP contribution in [0.1, 0.15) is 46.5 Å². The Morgan fingerprint density at radius 1 is 1.12 bits per heavy atom. The number of alkyl halides is 4. The van der Waals surface area contributed by atoms with Crippen LogP contribution in [-0.4, -0.2) is 24.0 Å². The van der Waals surface area contributed by atoms with Crippen LogP contribution in [0.5, 0.6) is 0 Å². The Kier molecular flexibility index (Phi) is 6.70. The fraction of sp³-hybridized carbons (Fsp3) is 0.833. The number of hydrogen-bond donors (Lipinski definition) is 0. The van der Waals surface area contributed by atoms with Crippen molar-refractivity contribution in [3.05, 3.63) is 8.96 Å². The molecule has 0 aromatic heterocycles. The maximum Gasteiger partial charge on any atom is 0.311 e. The predicted octanol–water partition coefficient (Wildman–Crippen LogP) is 7.78. The topological polar surface area (TPSA) is 26.3 Å². The molecular formula is C18H22Br6O2. The molecule has 26 heavy (non-hydrogen) atoms. The lowest BCUT2D eigenvalue weighted by Crippen LogP contribution is -2.46. The highest BCUT2D eigenvalue weighted by Gasteiger charge is 2.78. The van der Waals surface area contributed by atoms with E-state index in [1.54, 1.807) is 0 Å². The zero-order valence-corrected chi connectivity index (χ0v) is 24.3. The molecular weight excluding hydrogens is 728 g/mol. The molecule has 6 atom stereocenters. The van der Waals surface area contributed by atoms with Crippen LogP contribution in [0, 0.1) is 23.7 Å². The molecule has 3 rings (SSSR count). The fourth-order valence-corrected chi connectivity index (χ4v) is 11.6. The summed E-state index contributed by atoms with van der Waals surface area (Å²) in [5.41, 5.74) is 0. The molecule has 3 aliphatic rings. The van der Waals surface area contributed by atoms with Crippen molar-refractivity contribution in [1.29, 1.82) is 0 Å². The molecule has 0 aromatic rings. The van der Waals surface area contributed by atoms with Gasteiger partial charge < -0.3 is 4.74 Å². The molecule has 0 N–H and O–H groups in total. The number of halogens is 6. The molecule has 2 fully saturated rings. The van der Waals surface area contributed by atoms with Gasteiger partial charge in [-0.05, 0) is 37.0 Å². The second-order valence-electron chi connectivity index (χ2n) is 8.27. The van der Waals surface area contributed by atoms with Crippen LogP contribution >= 0.6 is 95.6 Å². The first kappa shape index (κ1) is 22.8. The highest BCUT2D eigenvalue weighted by molar-refractivity contribution is 9.27. The molecule has 0 heterocycles. The maximum absolute atomic E-state index is 13.3. The van der Waals surface area contributed by atoms with Crippen molar-refractivity contribution in [3.63, 3.8) is 0 Å². The average Bonchev–Trinajstić information content (AvgIpc) is 2.76. The molecule has 0 saturated heterocycles. The normalized spacial score (nSPS) is 44.7. The molecule has 0 aliphatic heterocycles. The fourth-order valence-electron chi connectivity index (χ4n) is 4.64. The van der Waals surface area contributed by atoms with E-state index >= 15 is 0 Å². The van der Waals surface area contributed by atoms with E-state index in [4.69, 9.17) is 4.74 Å². The summed E-state index contributed by atoms with van der Waals surface area (Å²) >= 11 is 22.8. The van der Waals surface area contributed by atoms with E-state index in [0.29, 0.717) is 24.2 Å². The number of allylic oxidation sites excluding steroid dienone is 2. The van der Waals surface area contributed by atoms with Gasteiger partial charge in [-0.1, -0.05) is 123 Å². The highest BCUT2D eigenvalue weighted by atomic mass is 79.9. The number of carbonyl (C=O) groups excluding carboxylic acids is 1. The summed E-state index contributed by atoms with van der Waals surface area (Å²) in [6.45, 7) is 6.72. The molecule has 2 bridgehead atoms. The summed E-state index contributed by atoms with van der Waals surface area (Å²) < 4.78 is 6.52. The number of fused-ring (bicyclic) bond motifs is 2. The van der Waals surface area contributed by atoms with Crippen LogP contribution in [0.4, 0.5) is 0 Å². The molecule has 8 heteroatoms. The van der Waals surface area contributed by atoms with Crippen molar-refractivity contribution in [1.82, 2.24) is 0 Å². The first-order chi connectivity index (χ1) is 11.9. The Bertz CT molecular complexity index is 648. The van der Waals surface area contributed by atoms with Crippen molar-refractivity contribution in [2.24, 2.45) is 23.7 Å². The Morgan fingerprint density at radius 3 is 2.23 bits per heavy atom. The van der Waals surface area contributed by atoms with Crippen LogP contribution in [0.25, 0.3) is 0 Å². The second-order valence-corrected chi connectivity index (χ2v) is 15.9. The summed E-state index contributed by atoms with van der Waals surface area (Å²) in [4.78, 5) is 13.3. The van der Waals surface area contributed by atoms with E-state index in [1.807, 2.05) is 0 Å². The Balaban J connectivity index is 1.85. The largest absolute Gasteiger partial charge is 0.462 e. The first-order valence-corrected chi connectivity index (χ1v) is 13.7. The van der Waals surface area contributed by atoms with Crippen LogP contribution < -0.4 is 0 Å². The summed E-state index contributed by atoms with van der Waals surface area (Å²) in [6, 6.07) is 0. The van der Waals surface area contributed by atoms with Gasteiger partial charge in [0.2, 0.25) is 0 Å². The van der Waals surface area contributed by atoms with Crippen LogP contribution in [-0.2, 0) is 9.53 Å². The van der Waals surface area contributed by atoms with E-state index in [9.17, 15) is 4.79 Å². The number of hydrogen-bond acceptors (Lipinski definition) is 2. The first-order valence-electron chi connectivity index (χ1n) is 8.90. The molecule has 3 aliphatic carbocycles. The average molecular weight is 750 g/mol. The van der Waals surface area contributed by atoms with Gasteiger partial charge in [-0.25, -0.2) is 0 Å². The smallest absolute Gasteiger partial charge is 0.311 e. The highest BCUT2D eigenvalue weighted by Crippen LogP contribution is 2.77. The molecule has 148 valence electrons. The third-order valence-corrected chi connectivity index (χ3v) is 17.6. The zero-order valence-electron chi connectivity index (χ0n) is 14.8. The number of esters is 1. The standard InChI is InChI=1S/C18H22Br6O2/c1-8(2)10-5-4-9(3)6-12(10)26-15(25)11-7-16(21)13(19)14(20)17(11,22)18(16,23)24/h8-12H,4-7H2,1-3H3/t9-,10+,11+,12-,16+,17-/m1/s1. The van der Waals surface area contributed by atoms with Crippen LogP contribution in [0.3, 0.4) is 0 Å². The van der Waals surface area contributed by atoms with Gasteiger partial charge in [0.15, 0.2) is 0 Å². The van der Waals surface area contributed by atoms with Gasteiger partial charge in [0.1, 0.15) is 9.34 Å². The van der Waals surface area contributed by atoms with Crippen molar-refractivity contribution in [2.75, 3.05) is 0 Å². The van der Waals surface area contributed by atoms with Crippen LogP contribution in [0.15, 0.2) is 8.96 Å². The number of ether oxygens (including phenoxy) is 1. The van der Waals surface area contributed by atoms with Gasteiger partial charge in [-0.15, -0.1) is 0 Å². The minimum Gasteiger partial charge on any atom is -0.462 e. The van der Waals surface area contributed by atoms with Crippen molar-refractivity contribution in [2.45, 2.75) is 64.4 Å². The summed E-state index contributed by atoms with van der Waals surface area (Å²) in [5, 5.41) is 0. The van der Waals surface area contributed by atoms with Gasteiger partial charge in [-0.2, -0.15) is 0 Å². The van der Waals surface area contributed by atoms with Gasteiger partial charge in [-0.3, -0.25) is 4.79 Å². The van der Waals surface area contributed by atoms with E-state index in [-0.39, 0.29) is 18.0 Å². The van der Waals surface area contributed by atoms with Gasteiger partial charge in [0.25, 0.3) is 0 Å². The Labute approximate surface area is 206 Å².